The second kappa shape index (κ2) is 8.05. The number of para-hydroxylation sites is 2. The zero-order valence-corrected chi connectivity index (χ0v) is 18.3. The summed E-state index contributed by atoms with van der Waals surface area (Å²) in [6, 6.07) is 7.80. The number of morpholine rings is 1. The van der Waals surface area contributed by atoms with Crippen molar-refractivity contribution < 1.29 is 14.4 Å². The SMILES string of the molecule is O=c1c2c(-c3nc(C4(O)CCCC4)no3)ncn2c2ccccc2n1CCN1CCOCC1. The van der Waals surface area contributed by atoms with Crippen LogP contribution in [0.25, 0.3) is 28.1 Å². The predicted molar refractivity (Wildman–Crippen MR) is 120 cm³/mol. The fraction of sp³-hybridized carbons (Fsp3) is 0.478. The highest BCUT2D eigenvalue weighted by Gasteiger charge is 2.38. The molecule has 4 heterocycles. The summed E-state index contributed by atoms with van der Waals surface area (Å²) in [5, 5.41) is 14.9. The van der Waals surface area contributed by atoms with Gasteiger partial charge in [0, 0.05) is 26.2 Å². The predicted octanol–water partition coefficient (Wildman–Crippen LogP) is 1.79. The summed E-state index contributed by atoms with van der Waals surface area (Å²) in [6.45, 7) is 4.46. The number of nitrogens with zero attached hydrogens (tertiary/aromatic N) is 6. The fourth-order valence-electron chi connectivity index (χ4n) is 5.01. The Labute approximate surface area is 189 Å². The Bertz CT molecular complexity index is 1360. The smallest absolute Gasteiger partial charge is 0.279 e. The normalized spacial score (nSPS) is 19.1. The van der Waals surface area contributed by atoms with Crippen LogP contribution in [-0.2, 0) is 16.9 Å². The molecular weight excluding hydrogens is 424 g/mol. The number of rotatable bonds is 5. The van der Waals surface area contributed by atoms with Gasteiger partial charge in [-0.2, -0.15) is 4.98 Å². The first-order valence-corrected chi connectivity index (χ1v) is 11.5. The molecule has 0 unspecified atom stereocenters. The number of aliphatic hydroxyl groups is 1. The maximum atomic E-state index is 13.7. The minimum absolute atomic E-state index is 0.153. The molecule has 2 aliphatic rings. The van der Waals surface area contributed by atoms with Crippen molar-refractivity contribution in [3.05, 3.63) is 46.8 Å². The van der Waals surface area contributed by atoms with Gasteiger partial charge in [0.05, 0.1) is 24.2 Å². The van der Waals surface area contributed by atoms with Crippen LogP contribution in [0.2, 0.25) is 0 Å². The number of fused-ring (bicyclic) bond motifs is 3. The molecular formula is C23H26N6O4. The minimum atomic E-state index is -1.07. The first-order valence-electron chi connectivity index (χ1n) is 11.5. The number of ether oxygens (including phenoxy) is 1. The zero-order valence-electron chi connectivity index (χ0n) is 18.3. The standard InChI is InChI=1S/C23H26N6O4/c30-21-19-18(20-25-22(26-33-20)23(31)7-3-4-8-23)24-15-29(19)17-6-2-1-5-16(17)28(21)10-9-27-11-13-32-14-12-27/h1-2,5-6,15,31H,3-4,7-14H2. The summed E-state index contributed by atoms with van der Waals surface area (Å²) in [5.41, 5.74) is 1.23. The van der Waals surface area contributed by atoms with E-state index in [1.54, 1.807) is 15.3 Å². The molecule has 1 aliphatic heterocycles. The highest BCUT2D eigenvalue weighted by molar-refractivity contribution is 5.83. The fourth-order valence-corrected chi connectivity index (χ4v) is 5.01. The second-order valence-electron chi connectivity index (χ2n) is 8.87. The van der Waals surface area contributed by atoms with E-state index in [1.165, 1.54) is 0 Å². The van der Waals surface area contributed by atoms with Crippen molar-refractivity contribution in [2.75, 3.05) is 32.8 Å². The molecule has 0 radical (unpaired) electrons. The maximum Gasteiger partial charge on any atom is 0.279 e. The molecule has 10 nitrogen and oxygen atoms in total. The van der Waals surface area contributed by atoms with Gasteiger partial charge in [-0.05, 0) is 37.8 Å². The van der Waals surface area contributed by atoms with Crippen molar-refractivity contribution in [1.29, 1.82) is 0 Å². The molecule has 0 spiro atoms. The van der Waals surface area contributed by atoms with Crippen molar-refractivity contribution in [2.24, 2.45) is 0 Å². The van der Waals surface area contributed by atoms with E-state index in [-0.39, 0.29) is 17.3 Å². The van der Waals surface area contributed by atoms with Crippen LogP contribution in [0.3, 0.4) is 0 Å². The van der Waals surface area contributed by atoms with E-state index in [0.29, 0.717) is 43.8 Å². The molecule has 0 atom stereocenters. The molecule has 33 heavy (non-hydrogen) atoms. The van der Waals surface area contributed by atoms with Crippen LogP contribution in [0.1, 0.15) is 31.5 Å². The Hall–Kier alpha value is -3.08. The Kier molecular flexibility index (Phi) is 5.01. The molecule has 1 aliphatic carbocycles. The quantitative estimate of drug-likeness (QED) is 0.490. The van der Waals surface area contributed by atoms with Crippen molar-refractivity contribution in [3.63, 3.8) is 0 Å². The Morgan fingerprint density at radius 1 is 1.06 bits per heavy atom. The van der Waals surface area contributed by atoms with Gasteiger partial charge in [0.2, 0.25) is 5.82 Å². The number of hydrogen-bond acceptors (Lipinski definition) is 8. The molecule has 10 heteroatoms. The zero-order chi connectivity index (χ0) is 22.4. The largest absolute Gasteiger partial charge is 0.382 e. The third-order valence-electron chi connectivity index (χ3n) is 6.87. The van der Waals surface area contributed by atoms with Gasteiger partial charge in [-0.1, -0.05) is 17.3 Å². The van der Waals surface area contributed by atoms with E-state index in [9.17, 15) is 9.90 Å². The van der Waals surface area contributed by atoms with Gasteiger partial charge < -0.3 is 18.9 Å². The first kappa shape index (κ1) is 20.5. The van der Waals surface area contributed by atoms with Gasteiger partial charge in [-0.3, -0.25) is 14.1 Å². The highest BCUT2D eigenvalue weighted by Crippen LogP contribution is 2.37. The van der Waals surface area contributed by atoms with E-state index in [4.69, 9.17) is 9.26 Å². The summed E-state index contributed by atoms with van der Waals surface area (Å²) < 4.78 is 14.5. The third-order valence-corrected chi connectivity index (χ3v) is 6.87. The minimum Gasteiger partial charge on any atom is -0.382 e. The molecule has 1 aromatic carbocycles. The highest BCUT2D eigenvalue weighted by atomic mass is 16.5. The lowest BCUT2D eigenvalue weighted by Crippen LogP contribution is -2.39. The topological polar surface area (TPSA) is 111 Å². The maximum absolute atomic E-state index is 13.7. The molecule has 2 fully saturated rings. The monoisotopic (exact) mass is 450 g/mol. The summed E-state index contributed by atoms with van der Waals surface area (Å²) >= 11 is 0. The van der Waals surface area contributed by atoms with E-state index in [2.05, 4.69) is 20.0 Å². The van der Waals surface area contributed by atoms with E-state index in [0.717, 1.165) is 43.5 Å². The lowest BCUT2D eigenvalue weighted by molar-refractivity contribution is 0.0328. The molecule has 6 rings (SSSR count). The second-order valence-corrected chi connectivity index (χ2v) is 8.87. The molecule has 3 aromatic heterocycles. The number of imidazole rings is 1. The van der Waals surface area contributed by atoms with Crippen molar-refractivity contribution >= 4 is 16.6 Å². The van der Waals surface area contributed by atoms with Crippen LogP contribution in [0.4, 0.5) is 0 Å². The van der Waals surface area contributed by atoms with Gasteiger partial charge in [0.25, 0.3) is 11.4 Å². The molecule has 0 bridgehead atoms. The molecule has 172 valence electrons. The van der Waals surface area contributed by atoms with E-state index in [1.807, 2.05) is 24.3 Å². The summed E-state index contributed by atoms with van der Waals surface area (Å²) in [6.07, 6.45) is 4.68. The number of aromatic nitrogens is 5. The average molecular weight is 450 g/mol. The van der Waals surface area contributed by atoms with Crippen LogP contribution in [0.15, 0.2) is 39.9 Å². The van der Waals surface area contributed by atoms with Crippen molar-refractivity contribution in [1.82, 2.24) is 29.0 Å². The Morgan fingerprint density at radius 3 is 2.61 bits per heavy atom. The van der Waals surface area contributed by atoms with Gasteiger partial charge in [0.1, 0.15) is 17.4 Å². The average Bonchev–Trinajstić information content (AvgIpc) is 3.59. The van der Waals surface area contributed by atoms with Gasteiger partial charge in [0.15, 0.2) is 5.69 Å². The number of hydrogen-bond donors (Lipinski definition) is 1. The lowest BCUT2D eigenvalue weighted by atomic mass is 10.0. The molecule has 1 saturated carbocycles. The van der Waals surface area contributed by atoms with Crippen LogP contribution in [0.5, 0.6) is 0 Å². The molecule has 0 amide bonds. The Balaban J connectivity index is 1.45. The van der Waals surface area contributed by atoms with Crippen LogP contribution in [0, 0.1) is 0 Å². The summed E-state index contributed by atoms with van der Waals surface area (Å²) in [7, 11) is 0. The van der Waals surface area contributed by atoms with Crippen LogP contribution >= 0.6 is 0 Å². The molecule has 1 N–H and O–H groups in total. The van der Waals surface area contributed by atoms with Crippen molar-refractivity contribution in [3.8, 4) is 11.6 Å². The molecule has 1 saturated heterocycles. The van der Waals surface area contributed by atoms with Crippen molar-refractivity contribution in [2.45, 2.75) is 37.8 Å². The summed E-state index contributed by atoms with van der Waals surface area (Å²) in [4.78, 5) is 24.9. The van der Waals surface area contributed by atoms with Gasteiger partial charge in [-0.15, -0.1) is 0 Å². The first-order chi connectivity index (χ1) is 16.1. The van der Waals surface area contributed by atoms with E-state index >= 15 is 0 Å². The number of benzene rings is 1. The molecule has 4 aromatic rings. The third kappa shape index (κ3) is 3.45. The van der Waals surface area contributed by atoms with Gasteiger partial charge >= 0.3 is 0 Å². The lowest BCUT2D eigenvalue weighted by Gasteiger charge is -2.27. The Morgan fingerprint density at radius 2 is 1.82 bits per heavy atom. The van der Waals surface area contributed by atoms with Gasteiger partial charge in [-0.25, -0.2) is 4.98 Å². The summed E-state index contributed by atoms with van der Waals surface area (Å²) in [5.74, 6) is 0.421. The van der Waals surface area contributed by atoms with Crippen LogP contribution < -0.4 is 5.56 Å². The van der Waals surface area contributed by atoms with Crippen LogP contribution in [-0.4, -0.2) is 66.9 Å². The van der Waals surface area contributed by atoms with E-state index < -0.39 is 5.60 Å².